The standard InChI is InChI=1S/C6H7NO2S.C4H5N/c7-10(8,9)6-4-2-1-3-5-6;1-2-4-5-3-1/h1-5H,(H2,7,8,9);1-5H. The smallest absolute Gasteiger partial charge is 0.238 e. The van der Waals surface area contributed by atoms with Crippen LogP contribution in [0.25, 0.3) is 0 Å². The van der Waals surface area contributed by atoms with Crippen molar-refractivity contribution in [1.29, 1.82) is 0 Å². The summed E-state index contributed by atoms with van der Waals surface area (Å²) < 4.78 is 21.2. The van der Waals surface area contributed by atoms with Gasteiger partial charge in [0, 0.05) is 12.4 Å². The summed E-state index contributed by atoms with van der Waals surface area (Å²) in [5.41, 5.74) is 0. The van der Waals surface area contributed by atoms with E-state index in [0.29, 0.717) is 0 Å². The average Bonchev–Trinajstić information content (AvgIpc) is 2.76. The van der Waals surface area contributed by atoms with Crippen LogP contribution >= 0.6 is 0 Å². The Balaban J connectivity index is 0.000000187. The van der Waals surface area contributed by atoms with Crippen molar-refractivity contribution in [3.8, 4) is 0 Å². The first-order valence-corrected chi connectivity index (χ1v) is 5.81. The second kappa shape index (κ2) is 5.33. The van der Waals surface area contributed by atoms with Crippen molar-refractivity contribution in [2.24, 2.45) is 5.14 Å². The number of nitrogens with two attached hydrogens (primary N) is 1. The van der Waals surface area contributed by atoms with E-state index in [-0.39, 0.29) is 4.90 Å². The van der Waals surface area contributed by atoms with Gasteiger partial charge in [-0.15, -0.1) is 0 Å². The number of hydrogen-bond acceptors (Lipinski definition) is 2. The minimum atomic E-state index is -3.50. The molecule has 0 bridgehead atoms. The topological polar surface area (TPSA) is 76.0 Å². The molecule has 5 heteroatoms. The molecule has 0 fully saturated rings. The van der Waals surface area contributed by atoms with E-state index in [2.05, 4.69) is 4.98 Å². The van der Waals surface area contributed by atoms with Gasteiger partial charge < -0.3 is 4.98 Å². The lowest BCUT2D eigenvalue weighted by molar-refractivity contribution is 0.598. The molecule has 0 saturated carbocycles. The Morgan fingerprint density at radius 3 is 1.73 bits per heavy atom. The third-order valence-corrected chi connectivity index (χ3v) is 2.50. The van der Waals surface area contributed by atoms with Crippen LogP contribution in [0.15, 0.2) is 59.8 Å². The summed E-state index contributed by atoms with van der Waals surface area (Å²) >= 11 is 0. The summed E-state index contributed by atoms with van der Waals surface area (Å²) in [5.74, 6) is 0. The number of sulfonamides is 1. The zero-order chi connectivity index (χ0) is 11.1. The van der Waals surface area contributed by atoms with Crippen LogP contribution in [0.4, 0.5) is 0 Å². The maximum atomic E-state index is 10.6. The van der Waals surface area contributed by atoms with Gasteiger partial charge in [-0.05, 0) is 24.3 Å². The van der Waals surface area contributed by atoms with Crippen LogP contribution in [-0.2, 0) is 10.0 Å². The number of H-pyrrole nitrogens is 1. The third-order valence-electron chi connectivity index (χ3n) is 1.57. The first kappa shape index (κ1) is 11.5. The molecule has 1 heterocycles. The summed E-state index contributed by atoms with van der Waals surface area (Å²) in [7, 11) is -3.50. The van der Waals surface area contributed by atoms with Gasteiger partial charge >= 0.3 is 0 Å². The Morgan fingerprint density at radius 2 is 1.47 bits per heavy atom. The molecule has 0 aliphatic carbocycles. The molecule has 80 valence electrons. The lowest BCUT2D eigenvalue weighted by Gasteiger charge is -1.93. The summed E-state index contributed by atoms with van der Waals surface area (Å²) in [6.07, 6.45) is 3.75. The Hall–Kier alpha value is -1.59. The largest absolute Gasteiger partial charge is 0.368 e. The summed E-state index contributed by atoms with van der Waals surface area (Å²) in [4.78, 5) is 3.01. The van der Waals surface area contributed by atoms with Gasteiger partial charge in [0.05, 0.1) is 4.90 Å². The molecule has 3 N–H and O–H groups in total. The van der Waals surface area contributed by atoms with Crippen molar-refractivity contribution in [2.75, 3.05) is 0 Å². The van der Waals surface area contributed by atoms with Crippen LogP contribution in [0.3, 0.4) is 0 Å². The van der Waals surface area contributed by atoms with Gasteiger partial charge in [-0.2, -0.15) is 0 Å². The number of aromatic amines is 1. The molecule has 0 amide bonds. The number of rotatable bonds is 1. The molecule has 4 nitrogen and oxygen atoms in total. The summed E-state index contributed by atoms with van der Waals surface area (Å²) in [6, 6.07) is 11.8. The highest BCUT2D eigenvalue weighted by atomic mass is 32.2. The molecule has 1 aromatic heterocycles. The number of nitrogens with one attached hydrogen (secondary N) is 1. The minimum Gasteiger partial charge on any atom is -0.368 e. The van der Waals surface area contributed by atoms with Gasteiger partial charge in [0.2, 0.25) is 10.0 Å². The fourth-order valence-corrected chi connectivity index (χ4v) is 1.42. The normalized spacial score (nSPS) is 10.2. The number of aromatic nitrogens is 1. The van der Waals surface area contributed by atoms with Gasteiger partial charge in [0.15, 0.2) is 0 Å². The van der Waals surface area contributed by atoms with E-state index < -0.39 is 10.0 Å². The van der Waals surface area contributed by atoms with Crippen molar-refractivity contribution in [2.45, 2.75) is 4.90 Å². The molecule has 2 aromatic rings. The highest BCUT2D eigenvalue weighted by Crippen LogP contribution is 2.02. The maximum absolute atomic E-state index is 10.6. The van der Waals surface area contributed by atoms with Crippen molar-refractivity contribution >= 4 is 10.0 Å². The Morgan fingerprint density at radius 1 is 0.933 bits per heavy atom. The molecule has 15 heavy (non-hydrogen) atoms. The molecule has 1 aromatic carbocycles. The lowest BCUT2D eigenvalue weighted by atomic mass is 10.4. The molecule has 0 radical (unpaired) electrons. The van der Waals surface area contributed by atoms with Crippen LogP contribution in [-0.4, -0.2) is 13.4 Å². The van der Waals surface area contributed by atoms with Crippen LogP contribution in [0.2, 0.25) is 0 Å². The van der Waals surface area contributed by atoms with Gasteiger partial charge in [-0.3, -0.25) is 0 Å². The van der Waals surface area contributed by atoms with E-state index in [1.807, 2.05) is 24.5 Å². The van der Waals surface area contributed by atoms with E-state index in [9.17, 15) is 8.42 Å². The number of hydrogen-bond donors (Lipinski definition) is 2. The summed E-state index contributed by atoms with van der Waals surface area (Å²) in [6.45, 7) is 0. The molecular formula is C10H12N2O2S. The van der Waals surface area contributed by atoms with Crippen LogP contribution < -0.4 is 5.14 Å². The van der Waals surface area contributed by atoms with Crippen molar-refractivity contribution < 1.29 is 8.42 Å². The minimum absolute atomic E-state index is 0.148. The highest BCUT2D eigenvalue weighted by Gasteiger charge is 2.03. The second-order valence-corrected chi connectivity index (χ2v) is 4.30. The van der Waals surface area contributed by atoms with E-state index in [0.717, 1.165) is 0 Å². The Kier molecular flexibility index (Phi) is 4.08. The quantitative estimate of drug-likeness (QED) is 0.767. The lowest BCUT2D eigenvalue weighted by Crippen LogP contribution is -2.11. The Bertz CT molecular complexity index is 446. The van der Waals surface area contributed by atoms with E-state index in [1.165, 1.54) is 12.1 Å². The molecule has 0 saturated heterocycles. The molecule has 0 aliphatic rings. The van der Waals surface area contributed by atoms with Crippen molar-refractivity contribution in [3.63, 3.8) is 0 Å². The molecule has 0 unspecified atom stereocenters. The molecular weight excluding hydrogens is 212 g/mol. The first-order chi connectivity index (χ1) is 7.11. The van der Waals surface area contributed by atoms with Crippen molar-refractivity contribution in [1.82, 2.24) is 4.98 Å². The zero-order valence-electron chi connectivity index (χ0n) is 8.00. The number of benzene rings is 1. The fourth-order valence-electron chi connectivity index (χ4n) is 0.888. The van der Waals surface area contributed by atoms with E-state index >= 15 is 0 Å². The van der Waals surface area contributed by atoms with Crippen molar-refractivity contribution in [3.05, 3.63) is 54.9 Å². The highest BCUT2D eigenvalue weighted by molar-refractivity contribution is 7.89. The molecule has 0 aliphatic heterocycles. The second-order valence-electron chi connectivity index (χ2n) is 2.74. The molecule has 2 rings (SSSR count). The maximum Gasteiger partial charge on any atom is 0.238 e. The van der Waals surface area contributed by atoms with Crippen LogP contribution in [0, 0.1) is 0 Å². The van der Waals surface area contributed by atoms with Gasteiger partial charge in [-0.25, -0.2) is 13.6 Å². The SMILES string of the molecule is NS(=O)(=O)c1ccccc1.c1cc[nH]c1. The van der Waals surface area contributed by atoms with Gasteiger partial charge in [-0.1, -0.05) is 18.2 Å². The first-order valence-electron chi connectivity index (χ1n) is 4.26. The average molecular weight is 224 g/mol. The fraction of sp³-hybridized carbons (Fsp3) is 0. The van der Waals surface area contributed by atoms with Crippen LogP contribution in [0.5, 0.6) is 0 Å². The third kappa shape index (κ3) is 4.44. The van der Waals surface area contributed by atoms with Gasteiger partial charge in [0.1, 0.15) is 0 Å². The predicted octanol–water partition coefficient (Wildman–Crippen LogP) is 1.35. The van der Waals surface area contributed by atoms with E-state index in [4.69, 9.17) is 5.14 Å². The molecule has 0 spiro atoms. The van der Waals surface area contributed by atoms with Gasteiger partial charge in [0.25, 0.3) is 0 Å². The summed E-state index contributed by atoms with van der Waals surface area (Å²) in [5, 5.41) is 4.83. The molecule has 0 atom stereocenters. The Labute approximate surface area is 88.8 Å². The predicted molar refractivity (Wildman–Crippen MR) is 58.6 cm³/mol. The monoisotopic (exact) mass is 224 g/mol. The zero-order valence-corrected chi connectivity index (χ0v) is 8.81. The van der Waals surface area contributed by atoms with E-state index in [1.54, 1.807) is 18.2 Å². The number of primary sulfonamides is 1. The van der Waals surface area contributed by atoms with Crippen LogP contribution in [0.1, 0.15) is 0 Å².